The van der Waals surface area contributed by atoms with Gasteiger partial charge < -0.3 is 24.3 Å². The van der Waals surface area contributed by atoms with Crippen molar-refractivity contribution >= 4 is 33.6 Å². The molecule has 0 radical (unpaired) electrons. The molecule has 8 heteroatoms. The van der Waals surface area contributed by atoms with Crippen LogP contribution in [0.2, 0.25) is 0 Å². The molecule has 1 atom stereocenters. The number of carbonyl (C=O) groups excluding carboxylic acids is 1. The van der Waals surface area contributed by atoms with Crippen LogP contribution in [0.1, 0.15) is 50.4 Å². The largest absolute Gasteiger partial charge is 0.772 e. The van der Waals surface area contributed by atoms with Crippen LogP contribution in [0.4, 0.5) is 5.69 Å². The van der Waals surface area contributed by atoms with Gasteiger partial charge in [0.25, 0.3) is 0 Å². The van der Waals surface area contributed by atoms with Gasteiger partial charge in [0.15, 0.2) is 11.5 Å². The van der Waals surface area contributed by atoms with E-state index in [4.69, 9.17) is 9.47 Å². The van der Waals surface area contributed by atoms with E-state index in [9.17, 15) is 13.6 Å². The topological polar surface area (TPSA) is 103 Å². The SMILES string of the molecule is CC(C)(C)c1[nH]c2ccc(NC(=O)C3(c4ccc5c(c4)OCO5)CC3)cc2c1CS(=O)[O-]. The van der Waals surface area contributed by atoms with Crippen molar-refractivity contribution in [2.45, 2.75) is 50.2 Å². The van der Waals surface area contributed by atoms with Crippen molar-refractivity contribution in [3.05, 3.63) is 53.2 Å². The number of rotatable bonds is 5. The fraction of sp³-hybridized carbons (Fsp3) is 0.375. The Kier molecular flexibility index (Phi) is 4.83. The number of anilines is 1. The van der Waals surface area contributed by atoms with Crippen molar-refractivity contribution < 1.29 is 23.0 Å². The fourth-order valence-corrected chi connectivity index (χ4v) is 4.99. The number of nitrogens with one attached hydrogen (secondary N) is 2. The third kappa shape index (κ3) is 3.57. The van der Waals surface area contributed by atoms with Crippen molar-refractivity contribution in [1.29, 1.82) is 0 Å². The molecule has 1 fully saturated rings. The molecule has 0 spiro atoms. The summed E-state index contributed by atoms with van der Waals surface area (Å²) >= 11 is -2.22. The molecule has 0 bridgehead atoms. The maximum atomic E-state index is 13.3. The van der Waals surface area contributed by atoms with Gasteiger partial charge >= 0.3 is 0 Å². The Bertz CT molecular complexity index is 1250. The number of fused-ring (bicyclic) bond motifs is 2. The Balaban J connectivity index is 1.46. The van der Waals surface area contributed by atoms with E-state index in [0.29, 0.717) is 17.2 Å². The molecule has 1 aliphatic heterocycles. The summed E-state index contributed by atoms with van der Waals surface area (Å²) in [6.07, 6.45) is 1.53. The first-order chi connectivity index (χ1) is 15.2. The molecule has 2 aromatic carbocycles. The highest BCUT2D eigenvalue weighted by Gasteiger charge is 2.51. The first kappa shape index (κ1) is 21.0. The molecule has 1 unspecified atom stereocenters. The van der Waals surface area contributed by atoms with Gasteiger partial charge in [-0.3, -0.25) is 9.00 Å². The van der Waals surface area contributed by atoms with E-state index in [1.54, 1.807) is 0 Å². The zero-order valence-electron chi connectivity index (χ0n) is 18.2. The van der Waals surface area contributed by atoms with Crippen molar-refractivity contribution in [3.8, 4) is 11.5 Å². The van der Waals surface area contributed by atoms with Gasteiger partial charge in [-0.05, 0) is 54.3 Å². The minimum absolute atomic E-state index is 0.0729. The molecular weight excluding hydrogens is 428 g/mol. The average Bonchev–Trinajstić information content (AvgIpc) is 3.27. The standard InChI is InChI=1S/C24H26N2O5S/c1-23(2,3)21-17(12-32(28)29)16-11-15(5-6-18(16)26-21)25-22(27)24(8-9-24)14-4-7-19-20(10-14)31-13-30-19/h4-7,10-11,26H,8-9,12-13H2,1-3H3,(H,25,27)(H,28,29)/p-1. The van der Waals surface area contributed by atoms with Crippen LogP contribution in [0.25, 0.3) is 10.9 Å². The molecule has 1 saturated carbocycles. The molecule has 0 saturated heterocycles. The van der Waals surface area contributed by atoms with Crippen molar-refractivity contribution in [1.82, 2.24) is 4.98 Å². The Morgan fingerprint density at radius 2 is 1.91 bits per heavy atom. The predicted octanol–water partition coefficient (Wildman–Crippen LogP) is 4.24. The van der Waals surface area contributed by atoms with Crippen molar-refractivity contribution in [2.24, 2.45) is 0 Å². The second-order valence-electron chi connectivity index (χ2n) is 9.54. The van der Waals surface area contributed by atoms with Crippen LogP contribution in [-0.4, -0.2) is 26.4 Å². The number of H-pyrrole nitrogens is 1. The highest BCUT2D eigenvalue weighted by molar-refractivity contribution is 7.78. The molecule has 1 amide bonds. The van der Waals surface area contributed by atoms with E-state index in [-0.39, 0.29) is 23.9 Å². The van der Waals surface area contributed by atoms with E-state index < -0.39 is 16.5 Å². The van der Waals surface area contributed by atoms with Crippen LogP contribution < -0.4 is 14.8 Å². The maximum absolute atomic E-state index is 13.3. The highest BCUT2D eigenvalue weighted by Crippen LogP contribution is 2.51. The molecule has 2 heterocycles. The van der Waals surface area contributed by atoms with Gasteiger partial charge in [-0.2, -0.15) is 0 Å². The van der Waals surface area contributed by atoms with Crippen molar-refractivity contribution in [2.75, 3.05) is 12.1 Å². The van der Waals surface area contributed by atoms with Crippen LogP contribution >= 0.6 is 0 Å². The zero-order chi connectivity index (χ0) is 22.7. The summed E-state index contributed by atoms with van der Waals surface area (Å²) in [5, 5.41) is 3.86. The van der Waals surface area contributed by atoms with Gasteiger partial charge in [0, 0.05) is 33.5 Å². The van der Waals surface area contributed by atoms with Crippen LogP contribution in [0.15, 0.2) is 36.4 Å². The number of carbonyl (C=O) groups is 1. The molecule has 32 heavy (non-hydrogen) atoms. The van der Waals surface area contributed by atoms with Crippen molar-refractivity contribution in [3.63, 3.8) is 0 Å². The molecule has 1 aromatic heterocycles. The number of aromatic amines is 1. The Hall–Kier alpha value is -2.84. The molecule has 2 N–H and O–H groups in total. The normalized spacial score (nSPS) is 17.4. The summed E-state index contributed by atoms with van der Waals surface area (Å²) in [6.45, 7) is 6.32. The number of benzene rings is 2. The quantitative estimate of drug-likeness (QED) is 0.563. The average molecular weight is 454 g/mol. The molecule has 7 nitrogen and oxygen atoms in total. The van der Waals surface area contributed by atoms with Crippen LogP contribution in [0.5, 0.6) is 11.5 Å². The van der Waals surface area contributed by atoms with E-state index in [0.717, 1.165) is 40.6 Å². The molecule has 1 aliphatic carbocycles. The summed E-state index contributed by atoms with van der Waals surface area (Å²) in [7, 11) is 0. The van der Waals surface area contributed by atoms with Crippen LogP contribution in [0.3, 0.4) is 0 Å². The summed E-state index contributed by atoms with van der Waals surface area (Å²) < 4.78 is 33.9. The lowest BCUT2D eigenvalue weighted by molar-refractivity contribution is -0.118. The molecule has 5 rings (SSSR count). The van der Waals surface area contributed by atoms with Gasteiger partial charge in [0.1, 0.15) is 0 Å². The number of hydrogen-bond acceptors (Lipinski definition) is 5. The first-order valence-electron chi connectivity index (χ1n) is 10.6. The number of aromatic nitrogens is 1. The smallest absolute Gasteiger partial charge is 0.235 e. The van der Waals surface area contributed by atoms with E-state index in [1.807, 2.05) is 57.2 Å². The van der Waals surface area contributed by atoms with Gasteiger partial charge in [-0.25, -0.2) is 0 Å². The molecule has 168 valence electrons. The zero-order valence-corrected chi connectivity index (χ0v) is 19.1. The maximum Gasteiger partial charge on any atom is 0.235 e. The predicted molar refractivity (Wildman–Crippen MR) is 122 cm³/mol. The monoisotopic (exact) mass is 453 g/mol. The third-order valence-corrected chi connectivity index (χ3v) is 6.81. The summed E-state index contributed by atoms with van der Waals surface area (Å²) in [5.41, 5.74) is 3.23. The lowest BCUT2D eigenvalue weighted by atomic mass is 9.89. The van der Waals surface area contributed by atoms with Crippen LogP contribution in [0, 0.1) is 0 Å². The molecule has 3 aromatic rings. The summed E-state index contributed by atoms with van der Waals surface area (Å²) in [4.78, 5) is 16.6. The van der Waals surface area contributed by atoms with Gasteiger partial charge in [-0.15, -0.1) is 0 Å². The minimum atomic E-state index is -2.22. The third-order valence-electron chi connectivity index (χ3n) is 6.29. The Morgan fingerprint density at radius 1 is 1.16 bits per heavy atom. The second kappa shape index (κ2) is 7.35. The van der Waals surface area contributed by atoms with E-state index >= 15 is 0 Å². The highest BCUT2D eigenvalue weighted by atomic mass is 32.2. The summed E-state index contributed by atoms with van der Waals surface area (Å²) in [5.74, 6) is 1.21. The molecular formula is C24H25N2O5S-. The van der Waals surface area contributed by atoms with E-state index in [2.05, 4.69) is 10.3 Å². The van der Waals surface area contributed by atoms with E-state index in [1.165, 1.54) is 0 Å². The van der Waals surface area contributed by atoms with Gasteiger partial charge in [0.05, 0.1) is 5.41 Å². The Labute approximate surface area is 188 Å². The number of hydrogen-bond donors (Lipinski definition) is 2. The molecule has 2 aliphatic rings. The van der Waals surface area contributed by atoms with Crippen LogP contribution in [-0.2, 0) is 32.5 Å². The minimum Gasteiger partial charge on any atom is -0.772 e. The number of amides is 1. The summed E-state index contributed by atoms with van der Waals surface area (Å²) in [6, 6.07) is 11.2. The number of ether oxygens (including phenoxy) is 2. The van der Waals surface area contributed by atoms with Gasteiger partial charge in [0.2, 0.25) is 12.7 Å². The lowest BCUT2D eigenvalue weighted by Crippen LogP contribution is -2.27. The van der Waals surface area contributed by atoms with Gasteiger partial charge in [-0.1, -0.05) is 37.9 Å². The Morgan fingerprint density at radius 3 is 2.59 bits per heavy atom. The second-order valence-corrected chi connectivity index (χ2v) is 10.4. The first-order valence-corrected chi connectivity index (χ1v) is 11.8. The lowest BCUT2D eigenvalue weighted by Gasteiger charge is -2.20. The fourth-order valence-electron chi connectivity index (χ4n) is 4.45.